The van der Waals surface area contributed by atoms with Crippen molar-refractivity contribution in [2.24, 2.45) is 0 Å². The van der Waals surface area contributed by atoms with E-state index in [1.54, 1.807) is 4.57 Å². The van der Waals surface area contributed by atoms with E-state index < -0.39 is 16.1 Å². The van der Waals surface area contributed by atoms with E-state index in [-0.39, 0.29) is 10.6 Å². The minimum absolute atomic E-state index is 0.169. The van der Waals surface area contributed by atoms with Crippen molar-refractivity contribution in [1.82, 2.24) is 4.57 Å². The first kappa shape index (κ1) is 11.2. The van der Waals surface area contributed by atoms with Crippen molar-refractivity contribution in [3.8, 4) is 0 Å². The zero-order valence-electron chi connectivity index (χ0n) is 8.63. The molecular formula is C9H11NO5S. The lowest BCUT2D eigenvalue weighted by atomic mass is 10.3. The SMILES string of the molecule is COC(=O)c1cc(S(=O)(=O)O)c2n1CCC2. The van der Waals surface area contributed by atoms with E-state index in [1.807, 2.05) is 0 Å². The van der Waals surface area contributed by atoms with Gasteiger partial charge in [0.2, 0.25) is 0 Å². The van der Waals surface area contributed by atoms with Gasteiger partial charge in [-0.2, -0.15) is 8.42 Å². The molecule has 0 aromatic carbocycles. The lowest BCUT2D eigenvalue weighted by molar-refractivity contribution is 0.0589. The Labute approximate surface area is 92.6 Å². The smallest absolute Gasteiger partial charge is 0.354 e. The Balaban J connectivity index is 2.63. The topological polar surface area (TPSA) is 85.6 Å². The van der Waals surface area contributed by atoms with Crippen LogP contribution in [0.5, 0.6) is 0 Å². The van der Waals surface area contributed by atoms with Gasteiger partial charge in [0.05, 0.1) is 7.11 Å². The average Bonchev–Trinajstić information content (AvgIpc) is 2.74. The van der Waals surface area contributed by atoms with Gasteiger partial charge in [0.25, 0.3) is 10.1 Å². The van der Waals surface area contributed by atoms with Crippen LogP contribution in [0, 0.1) is 0 Å². The Hall–Kier alpha value is -1.34. The van der Waals surface area contributed by atoms with Crippen LogP contribution in [-0.4, -0.2) is 30.6 Å². The number of methoxy groups -OCH3 is 1. The standard InChI is InChI=1S/C9H11NO5S/c1-15-9(11)7-5-8(16(12,13)14)6-3-2-4-10(6)7/h5H,2-4H2,1H3,(H,12,13,14). The molecule has 88 valence electrons. The van der Waals surface area contributed by atoms with Crippen LogP contribution in [0.4, 0.5) is 0 Å². The Bertz CT molecular complexity index is 542. The number of hydrogen-bond acceptors (Lipinski definition) is 4. The molecule has 1 aliphatic heterocycles. The molecule has 6 nitrogen and oxygen atoms in total. The second-order valence-electron chi connectivity index (χ2n) is 3.56. The molecule has 0 radical (unpaired) electrons. The predicted molar refractivity (Wildman–Crippen MR) is 53.9 cm³/mol. The molecule has 0 saturated heterocycles. The van der Waals surface area contributed by atoms with Crippen molar-refractivity contribution in [2.45, 2.75) is 24.3 Å². The molecule has 16 heavy (non-hydrogen) atoms. The molecule has 0 atom stereocenters. The van der Waals surface area contributed by atoms with E-state index in [4.69, 9.17) is 4.55 Å². The molecule has 0 amide bonds. The molecule has 0 fully saturated rings. The number of fused-ring (bicyclic) bond motifs is 1. The first-order chi connectivity index (χ1) is 7.45. The van der Waals surface area contributed by atoms with Crippen LogP contribution >= 0.6 is 0 Å². The van der Waals surface area contributed by atoms with E-state index in [0.717, 1.165) is 12.5 Å². The van der Waals surface area contributed by atoms with Crippen LogP contribution in [-0.2, 0) is 27.8 Å². The quantitative estimate of drug-likeness (QED) is 0.604. The predicted octanol–water partition coefficient (Wildman–Crippen LogP) is 0.468. The summed E-state index contributed by atoms with van der Waals surface area (Å²) in [5.41, 5.74) is 0.644. The lowest BCUT2D eigenvalue weighted by Crippen LogP contribution is -2.08. The highest BCUT2D eigenvalue weighted by molar-refractivity contribution is 7.85. The molecule has 1 aromatic rings. The lowest BCUT2D eigenvalue weighted by Gasteiger charge is -2.02. The third-order valence-electron chi connectivity index (χ3n) is 2.64. The highest BCUT2D eigenvalue weighted by Gasteiger charge is 2.29. The van der Waals surface area contributed by atoms with Gasteiger partial charge in [-0.05, 0) is 18.9 Å². The first-order valence-electron chi connectivity index (χ1n) is 4.73. The summed E-state index contributed by atoms with van der Waals surface area (Å²) < 4.78 is 37.4. The number of esters is 1. The molecule has 1 aromatic heterocycles. The van der Waals surface area contributed by atoms with Crippen molar-refractivity contribution in [1.29, 1.82) is 0 Å². The van der Waals surface area contributed by atoms with Gasteiger partial charge in [-0.1, -0.05) is 0 Å². The Kier molecular flexibility index (Phi) is 2.51. The van der Waals surface area contributed by atoms with Crippen molar-refractivity contribution in [3.05, 3.63) is 17.5 Å². The second kappa shape index (κ2) is 3.60. The zero-order valence-corrected chi connectivity index (χ0v) is 9.45. The number of nitrogens with zero attached hydrogens (tertiary/aromatic N) is 1. The number of hydrogen-bond donors (Lipinski definition) is 1. The van der Waals surface area contributed by atoms with Gasteiger partial charge in [-0.3, -0.25) is 4.55 Å². The summed E-state index contributed by atoms with van der Waals surface area (Å²) in [5, 5.41) is 0. The highest BCUT2D eigenvalue weighted by Crippen LogP contribution is 2.27. The summed E-state index contributed by atoms with van der Waals surface area (Å²) in [6.07, 6.45) is 1.29. The van der Waals surface area contributed by atoms with Crippen molar-refractivity contribution in [2.75, 3.05) is 7.11 Å². The molecular weight excluding hydrogens is 234 g/mol. The monoisotopic (exact) mass is 245 g/mol. The van der Waals surface area contributed by atoms with Crippen LogP contribution in [0.25, 0.3) is 0 Å². The number of carbonyl (C=O) groups is 1. The normalized spacial score (nSPS) is 14.9. The summed E-state index contributed by atoms with van der Waals surface area (Å²) in [6, 6.07) is 1.16. The fourth-order valence-corrected chi connectivity index (χ4v) is 2.75. The van der Waals surface area contributed by atoms with Crippen LogP contribution in [0.3, 0.4) is 0 Å². The molecule has 1 N–H and O–H groups in total. The summed E-state index contributed by atoms with van der Waals surface area (Å²) >= 11 is 0. The van der Waals surface area contributed by atoms with Gasteiger partial charge in [0.1, 0.15) is 10.6 Å². The van der Waals surface area contributed by atoms with Crippen molar-refractivity contribution in [3.63, 3.8) is 0 Å². The fourth-order valence-electron chi connectivity index (χ4n) is 1.98. The van der Waals surface area contributed by atoms with Crippen LogP contribution < -0.4 is 0 Å². The number of aromatic nitrogens is 1. The van der Waals surface area contributed by atoms with E-state index in [9.17, 15) is 13.2 Å². The Morgan fingerprint density at radius 2 is 2.25 bits per heavy atom. The maximum Gasteiger partial charge on any atom is 0.354 e. The van der Waals surface area contributed by atoms with Gasteiger partial charge in [-0.25, -0.2) is 4.79 Å². The Morgan fingerprint density at radius 3 is 2.81 bits per heavy atom. The molecule has 1 aliphatic rings. The number of carbonyl (C=O) groups excluding carboxylic acids is 1. The largest absolute Gasteiger partial charge is 0.464 e. The first-order valence-corrected chi connectivity index (χ1v) is 6.17. The minimum atomic E-state index is -4.28. The van der Waals surface area contributed by atoms with Gasteiger partial charge in [0, 0.05) is 12.2 Å². The third kappa shape index (κ3) is 1.61. The van der Waals surface area contributed by atoms with E-state index >= 15 is 0 Å². The molecule has 0 unspecified atom stereocenters. The number of ether oxygens (including phenoxy) is 1. The highest BCUT2D eigenvalue weighted by atomic mass is 32.2. The van der Waals surface area contributed by atoms with Crippen LogP contribution in [0.2, 0.25) is 0 Å². The maximum atomic E-state index is 11.4. The molecule has 2 heterocycles. The molecule has 7 heteroatoms. The summed E-state index contributed by atoms with van der Waals surface area (Å²) in [6.45, 7) is 0.565. The van der Waals surface area contributed by atoms with Gasteiger partial charge in [-0.15, -0.1) is 0 Å². The average molecular weight is 245 g/mol. The fraction of sp³-hybridized carbons (Fsp3) is 0.444. The van der Waals surface area contributed by atoms with Crippen molar-refractivity contribution >= 4 is 16.1 Å². The summed E-state index contributed by atoms with van der Waals surface area (Å²) in [4.78, 5) is 11.2. The summed E-state index contributed by atoms with van der Waals surface area (Å²) in [5.74, 6) is -0.599. The van der Waals surface area contributed by atoms with Gasteiger partial charge < -0.3 is 9.30 Å². The third-order valence-corrected chi connectivity index (χ3v) is 3.55. The Morgan fingerprint density at radius 1 is 1.56 bits per heavy atom. The van der Waals surface area contributed by atoms with E-state index in [2.05, 4.69) is 4.74 Å². The minimum Gasteiger partial charge on any atom is -0.464 e. The van der Waals surface area contributed by atoms with Crippen LogP contribution in [0.1, 0.15) is 22.6 Å². The zero-order chi connectivity index (χ0) is 11.9. The maximum absolute atomic E-state index is 11.4. The van der Waals surface area contributed by atoms with Gasteiger partial charge >= 0.3 is 5.97 Å². The van der Waals surface area contributed by atoms with E-state index in [1.165, 1.54) is 7.11 Å². The van der Waals surface area contributed by atoms with E-state index in [0.29, 0.717) is 18.7 Å². The molecule has 0 saturated carbocycles. The second-order valence-corrected chi connectivity index (χ2v) is 4.95. The molecule has 0 spiro atoms. The van der Waals surface area contributed by atoms with Crippen molar-refractivity contribution < 1.29 is 22.5 Å². The summed E-state index contributed by atoms with van der Waals surface area (Å²) in [7, 11) is -3.05. The van der Waals surface area contributed by atoms with Gasteiger partial charge in [0.15, 0.2) is 0 Å². The molecule has 0 aliphatic carbocycles. The molecule has 0 bridgehead atoms. The number of rotatable bonds is 2. The van der Waals surface area contributed by atoms with Crippen LogP contribution in [0.15, 0.2) is 11.0 Å². The molecule has 2 rings (SSSR count).